The van der Waals surface area contributed by atoms with E-state index in [1.54, 1.807) is 32.3 Å². The number of hydrogen-bond acceptors (Lipinski definition) is 4. The summed E-state index contributed by atoms with van der Waals surface area (Å²) < 4.78 is 4.98. The van der Waals surface area contributed by atoms with Gasteiger partial charge >= 0.3 is 5.97 Å². The normalized spacial score (nSPS) is 13.6. The molecule has 1 unspecified atom stereocenters. The highest BCUT2D eigenvalue weighted by Crippen LogP contribution is 2.28. The number of hydrogen-bond donors (Lipinski definition) is 1. The minimum atomic E-state index is -0.686. The minimum absolute atomic E-state index is 0.325. The Bertz CT molecular complexity index is 754. The monoisotopic (exact) mass is 338 g/mol. The summed E-state index contributed by atoms with van der Waals surface area (Å²) in [6.07, 6.45) is 5.88. The molecule has 1 amide bonds. The third kappa shape index (κ3) is 4.32. The third-order valence-corrected chi connectivity index (χ3v) is 4.06. The maximum absolute atomic E-state index is 11.7. The first-order valence-electron chi connectivity index (χ1n) is 8.09. The van der Waals surface area contributed by atoms with Crippen molar-refractivity contribution < 1.29 is 14.3 Å². The van der Waals surface area contributed by atoms with E-state index in [0.717, 1.165) is 16.7 Å². The van der Waals surface area contributed by atoms with Gasteiger partial charge in [0.25, 0.3) is 0 Å². The summed E-state index contributed by atoms with van der Waals surface area (Å²) in [6.45, 7) is 5.77. The molecule has 2 rings (SSSR count). The zero-order valence-corrected chi connectivity index (χ0v) is 14.7. The van der Waals surface area contributed by atoms with E-state index in [1.807, 2.05) is 43.3 Å². The summed E-state index contributed by atoms with van der Waals surface area (Å²) in [6, 6.07) is 11.4. The molecule has 1 aromatic heterocycles. The van der Waals surface area contributed by atoms with Crippen LogP contribution in [0.15, 0.2) is 54.4 Å². The lowest BCUT2D eigenvalue weighted by Crippen LogP contribution is -2.39. The summed E-state index contributed by atoms with van der Waals surface area (Å²) in [7, 11) is 0. The number of esters is 1. The Balaban J connectivity index is 2.32. The number of rotatable bonds is 7. The molecule has 0 fully saturated rings. The summed E-state index contributed by atoms with van der Waals surface area (Å²) >= 11 is 0. The highest BCUT2D eigenvalue weighted by molar-refractivity contribution is 5.92. The first-order chi connectivity index (χ1) is 12.0. The molecule has 0 aliphatic rings. The minimum Gasteiger partial charge on any atom is -0.463 e. The first kappa shape index (κ1) is 18.4. The number of ether oxygens (including phenoxy) is 1. The Labute approximate surface area is 147 Å². The molecule has 0 saturated heterocycles. The van der Waals surface area contributed by atoms with Gasteiger partial charge in [0.15, 0.2) is 0 Å². The molecule has 0 aliphatic carbocycles. The van der Waals surface area contributed by atoms with Gasteiger partial charge in [-0.25, -0.2) is 4.79 Å². The molecule has 0 bridgehead atoms. The molecule has 25 heavy (non-hydrogen) atoms. The predicted octanol–water partition coefficient (Wildman–Crippen LogP) is 3.06. The van der Waals surface area contributed by atoms with E-state index >= 15 is 0 Å². The van der Waals surface area contributed by atoms with Gasteiger partial charge in [-0.1, -0.05) is 30.3 Å². The topological polar surface area (TPSA) is 68.3 Å². The van der Waals surface area contributed by atoms with Crippen molar-refractivity contribution in [3.05, 3.63) is 71.1 Å². The van der Waals surface area contributed by atoms with Crippen molar-refractivity contribution in [1.29, 1.82) is 0 Å². The van der Waals surface area contributed by atoms with Gasteiger partial charge in [0.05, 0.1) is 12.1 Å². The average molecular weight is 338 g/mol. The zero-order chi connectivity index (χ0) is 18.3. The van der Waals surface area contributed by atoms with E-state index in [1.165, 1.54) is 0 Å². The number of pyridine rings is 1. The zero-order valence-electron chi connectivity index (χ0n) is 14.7. The number of carbonyl (C=O) groups excluding carboxylic acids is 2. The molecular formula is C20H22N2O3. The van der Waals surface area contributed by atoms with Crippen LogP contribution in [0.25, 0.3) is 6.08 Å². The Morgan fingerprint density at radius 1 is 1.24 bits per heavy atom. The third-order valence-electron chi connectivity index (χ3n) is 4.06. The van der Waals surface area contributed by atoms with Gasteiger partial charge in [0.1, 0.15) is 0 Å². The lowest BCUT2D eigenvalue weighted by Gasteiger charge is -2.30. The van der Waals surface area contributed by atoms with E-state index in [0.29, 0.717) is 18.6 Å². The number of amides is 1. The van der Waals surface area contributed by atoms with E-state index in [4.69, 9.17) is 4.74 Å². The second-order valence-electron chi connectivity index (χ2n) is 5.80. The van der Waals surface area contributed by atoms with Crippen LogP contribution in [0.3, 0.4) is 0 Å². The summed E-state index contributed by atoms with van der Waals surface area (Å²) in [5, 5.41) is 2.88. The average Bonchev–Trinajstić information content (AvgIpc) is 2.63. The Morgan fingerprint density at radius 2 is 1.96 bits per heavy atom. The molecule has 5 nitrogen and oxygen atoms in total. The second-order valence-corrected chi connectivity index (χ2v) is 5.80. The van der Waals surface area contributed by atoms with Crippen molar-refractivity contribution in [2.75, 3.05) is 6.61 Å². The van der Waals surface area contributed by atoms with Crippen molar-refractivity contribution in [1.82, 2.24) is 10.3 Å². The van der Waals surface area contributed by atoms with Crippen LogP contribution in [0.5, 0.6) is 0 Å². The maximum Gasteiger partial charge on any atom is 0.333 e. The highest BCUT2D eigenvalue weighted by Gasteiger charge is 2.28. The van der Waals surface area contributed by atoms with Crippen LogP contribution >= 0.6 is 0 Å². The lowest BCUT2D eigenvalue weighted by atomic mass is 9.85. The molecule has 1 aromatic carbocycles. The second kappa shape index (κ2) is 8.24. The molecule has 2 aromatic rings. The van der Waals surface area contributed by atoms with Gasteiger partial charge in [-0.05, 0) is 44.0 Å². The summed E-state index contributed by atoms with van der Waals surface area (Å²) in [5.74, 6) is -0.325. The van der Waals surface area contributed by atoms with Crippen LogP contribution in [0.1, 0.15) is 37.5 Å². The smallest absolute Gasteiger partial charge is 0.333 e. The fraction of sp³-hybridized carbons (Fsp3) is 0.250. The molecule has 0 spiro atoms. The maximum atomic E-state index is 11.7. The van der Waals surface area contributed by atoms with E-state index in [9.17, 15) is 9.59 Å². The summed E-state index contributed by atoms with van der Waals surface area (Å²) in [4.78, 5) is 27.0. The fourth-order valence-electron chi connectivity index (χ4n) is 2.58. The molecule has 130 valence electrons. The quantitative estimate of drug-likeness (QED) is 0.479. The fourth-order valence-corrected chi connectivity index (χ4v) is 2.58. The SMILES string of the molecule is CCOC(=O)/C(C)=C/c1ccc(C(C)(NC=O)c2cccnc2)cc1. The Kier molecular flexibility index (Phi) is 6.06. The van der Waals surface area contributed by atoms with Crippen LogP contribution in [0.4, 0.5) is 0 Å². The molecule has 1 N–H and O–H groups in total. The van der Waals surface area contributed by atoms with Crippen LogP contribution in [0.2, 0.25) is 0 Å². The highest BCUT2D eigenvalue weighted by atomic mass is 16.5. The molecule has 1 heterocycles. The van der Waals surface area contributed by atoms with Crippen molar-refractivity contribution in [3.63, 3.8) is 0 Å². The van der Waals surface area contributed by atoms with Crippen LogP contribution in [-0.4, -0.2) is 24.0 Å². The molecule has 5 heteroatoms. The first-order valence-corrected chi connectivity index (χ1v) is 8.09. The van der Waals surface area contributed by atoms with Crippen molar-refractivity contribution in [2.45, 2.75) is 26.3 Å². The Hall–Kier alpha value is -2.95. The molecule has 0 saturated carbocycles. The van der Waals surface area contributed by atoms with Gasteiger partial charge in [-0.2, -0.15) is 0 Å². The number of nitrogens with one attached hydrogen (secondary N) is 1. The number of nitrogens with zero attached hydrogens (tertiary/aromatic N) is 1. The van der Waals surface area contributed by atoms with Crippen LogP contribution in [-0.2, 0) is 19.9 Å². The number of benzene rings is 1. The Morgan fingerprint density at radius 3 is 2.52 bits per heavy atom. The van der Waals surface area contributed by atoms with Gasteiger partial charge in [0, 0.05) is 23.5 Å². The predicted molar refractivity (Wildman–Crippen MR) is 96.6 cm³/mol. The largest absolute Gasteiger partial charge is 0.463 e. The van der Waals surface area contributed by atoms with Gasteiger partial charge < -0.3 is 10.1 Å². The summed E-state index contributed by atoms with van der Waals surface area (Å²) in [5.41, 5.74) is 2.53. The number of aromatic nitrogens is 1. The van der Waals surface area contributed by atoms with Crippen molar-refractivity contribution >= 4 is 18.5 Å². The molecule has 0 aliphatic heterocycles. The van der Waals surface area contributed by atoms with Crippen LogP contribution in [0, 0.1) is 0 Å². The molecular weight excluding hydrogens is 316 g/mol. The van der Waals surface area contributed by atoms with E-state index in [-0.39, 0.29) is 5.97 Å². The van der Waals surface area contributed by atoms with Gasteiger partial charge in [-0.15, -0.1) is 0 Å². The lowest BCUT2D eigenvalue weighted by molar-refractivity contribution is -0.138. The van der Waals surface area contributed by atoms with Gasteiger partial charge in [0.2, 0.25) is 6.41 Å². The van der Waals surface area contributed by atoms with E-state index in [2.05, 4.69) is 10.3 Å². The standard InChI is InChI=1S/C20H22N2O3/c1-4-25-19(24)15(2)12-16-7-9-17(10-8-16)20(3,22-14-23)18-6-5-11-21-13-18/h5-14H,4H2,1-3H3,(H,22,23)/b15-12+. The van der Waals surface area contributed by atoms with E-state index < -0.39 is 5.54 Å². The number of carbonyl (C=O) groups is 2. The van der Waals surface area contributed by atoms with Crippen molar-refractivity contribution in [2.24, 2.45) is 0 Å². The van der Waals surface area contributed by atoms with Crippen LogP contribution < -0.4 is 5.32 Å². The van der Waals surface area contributed by atoms with Crippen molar-refractivity contribution in [3.8, 4) is 0 Å². The van der Waals surface area contributed by atoms with Gasteiger partial charge in [-0.3, -0.25) is 9.78 Å². The molecule has 1 atom stereocenters. The molecule has 0 radical (unpaired) electrons.